The molecule has 4 atom stereocenters. The van der Waals surface area contributed by atoms with Crippen LogP contribution in [-0.4, -0.2) is 71.4 Å². The van der Waals surface area contributed by atoms with Gasteiger partial charge in [0.25, 0.3) is 0 Å². The standard InChI is InChI=1S/C16H33N3O/c1-12(2)17-16(11-20)7-6-15(8-16)19-9-13(3)18(5)14(4)10-19/h12-15,17,20H,6-11H2,1-5H3. The SMILES string of the molecule is CC(C)NC1(CO)CCC(N2CC(C)N(C)C(C)C2)C1. The van der Waals surface area contributed by atoms with E-state index in [1.54, 1.807) is 0 Å². The van der Waals surface area contributed by atoms with Crippen molar-refractivity contribution in [3.8, 4) is 0 Å². The predicted molar refractivity (Wildman–Crippen MR) is 84.0 cm³/mol. The summed E-state index contributed by atoms with van der Waals surface area (Å²) in [6, 6.07) is 2.32. The number of hydrogen-bond donors (Lipinski definition) is 2. The summed E-state index contributed by atoms with van der Waals surface area (Å²) in [6.45, 7) is 11.6. The predicted octanol–water partition coefficient (Wildman–Crippen LogP) is 1.29. The van der Waals surface area contributed by atoms with Crippen molar-refractivity contribution in [2.24, 2.45) is 0 Å². The van der Waals surface area contributed by atoms with Crippen LogP contribution in [0.2, 0.25) is 0 Å². The number of nitrogens with one attached hydrogen (secondary N) is 1. The Morgan fingerprint density at radius 3 is 2.35 bits per heavy atom. The summed E-state index contributed by atoms with van der Waals surface area (Å²) in [5, 5.41) is 13.5. The van der Waals surface area contributed by atoms with Gasteiger partial charge < -0.3 is 10.4 Å². The first-order valence-electron chi connectivity index (χ1n) is 8.21. The molecule has 2 fully saturated rings. The zero-order valence-corrected chi connectivity index (χ0v) is 13.9. The Bertz CT molecular complexity index is 311. The van der Waals surface area contributed by atoms with Gasteiger partial charge in [0.1, 0.15) is 0 Å². The molecule has 4 unspecified atom stereocenters. The second kappa shape index (κ2) is 6.30. The highest BCUT2D eigenvalue weighted by Gasteiger charge is 2.42. The molecule has 1 heterocycles. The fourth-order valence-corrected chi connectivity index (χ4v) is 4.09. The Morgan fingerprint density at radius 1 is 1.25 bits per heavy atom. The van der Waals surface area contributed by atoms with Crippen molar-refractivity contribution in [3.05, 3.63) is 0 Å². The number of nitrogens with zero attached hydrogens (tertiary/aromatic N) is 2. The lowest BCUT2D eigenvalue weighted by Gasteiger charge is -2.45. The molecule has 1 aliphatic heterocycles. The molecule has 0 aromatic carbocycles. The fourth-order valence-electron chi connectivity index (χ4n) is 4.09. The smallest absolute Gasteiger partial charge is 0.0614 e. The molecule has 118 valence electrons. The first-order valence-corrected chi connectivity index (χ1v) is 8.21. The monoisotopic (exact) mass is 283 g/mol. The molecule has 1 saturated carbocycles. The maximum absolute atomic E-state index is 9.84. The lowest BCUT2D eigenvalue weighted by molar-refractivity contribution is 0.0309. The molecular formula is C16H33N3O. The van der Waals surface area contributed by atoms with Crippen molar-refractivity contribution in [1.29, 1.82) is 0 Å². The van der Waals surface area contributed by atoms with Gasteiger partial charge in [0, 0.05) is 42.8 Å². The molecule has 0 spiro atoms. The van der Waals surface area contributed by atoms with Gasteiger partial charge in [-0.15, -0.1) is 0 Å². The van der Waals surface area contributed by atoms with Crippen LogP contribution in [-0.2, 0) is 0 Å². The molecule has 0 amide bonds. The van der Waals surface area contributed by atoms with Crippen molar-refractivity contribution in [1.82, 2.24) is 15.1 Å². The summed E-state index contributed by atoms with van der Waals surface area (Å²) in [5.74, 6) is 0. The minimum Gasteiger partial charge on any atom is -0.394 e. The summed E-state index contributed by atoms with van der Waals surface area (Å²) >= 11 is 0. The van der Waals surface area contributed by atoms with E-state index in [1.807, 2.05) is 0 Å². The Labute approximate surface area is 124 Å². The van der Waals surface area contributed by atoms with E-state index in [9.17, 15) is 5.11 Å². The van der Waals surface area contributed by atoms with E-state index in [1.165, 1.54) is 6.42 Å². The molecule has 0 aromatic heterocycles. The summed E-state index contributed by atoms with van der Waals surface area (Å²) in [4.78, 5) is 5.14. The minimum absolute atomic E-state index is 0.0470. The molecule has 4 heteroatoms. The van der Waals surface area contributed by atoms with Crippen molar-refractivity contribution in [3.63, 3.8) is 0 Å². The van der Waals surface area contributed by atoms with Crippen LogP contribution in [0.1, 0.15) is 47.0 Å². The Morgan fingerprint density at radius 2 is 1.85 bits per heavy atom. The van der Waals surface area contributed by atoms with Crippen molar-refractivity contribution in [2.45, 2.75) is 76.7 Å². The number of likely N-dealkylation sites (N-methyl/N-ethyl adjacent to an activating group) is 1. The van der Waals surface area contributed by atoms with Gasteiger partial charge in [0.05, 0.1) is 6.61 Å². The fraction of sp³-hybridized carbons (Fsp3) is 1.00. The highest BCUT2D eigenvalue weighted by Crippen LogP contribution is 2.34. The van der Waals surface area contributed by atoms with Crippen LogP contribution in [0.15, 0.2) is 0 Å². The number of aliphatic hydroxyl groups excluding tert-OH is 1. The Hall–Kier alpha value is -0.160. The summed E-state index contributed by atoms with van der Waals surface area (Å²) < 4.78 is 0. The second-order valence-corrected chi connectivity index (χ2v) is 7.45. The van der Waals surface area contributed by atoms with Crippen LogP contribution in [0.25, 0.3) is 0 Å². The van der Waals surface area contributed by atoms with Gasteiger partial charge in [-0.1, -0.05) is 13.8 Å². The van der Waals surface area contributed by atoms with Gasteiger partial charge in [-0.05, 0) is 40.2 Å². The summed E-state index contributed by atoms with van der Waals surface area (Å²) in [6.07, 6.45) is 3.40. The van der Waals surface area contributed by atoms with E-state index in [4.69, 9.17) is 0 Å². The third-order valence-corrected chi connectivity index (χ3v) is 5.38. The normalized spacial score (nSPS) is 40.6. The summed E-state index contributed by atoms with van der Waals surface area (Å²) in [7, 11) is 2.24. The van der Waals surface area contributed by atoms with Crippen LogP contribution >= 0.6 is 0 Å². The minimum atomic E-state index is -0.0470. The van der Waals surface area contributed by atoms with Crippen LogP contribution in [0.5, 0.6) is 0 Å². The molecule has 2 aliphatic rings. The molecule has 0 aromatic rings. The van der Waals surface area contributed by atoms with Crippen LogP contribution in [0.4, 0.5) is 0 Å². The van der Waals surface area contributed by atoms with Gasteiger partial charge in [-0.3, -0.25) is 9.80 Å². The molecule has 1 aliphatic carbocycles. The largest absolute Gasteiger partial charge is 0.394 e. The quantitative estimate of drug-likeness (QED) is 0.815. The highest BCUT2D eigenvalue weighted by atomic mass is 16.3. The van der Waals surface area contributed by atoms with Crippen LogP contribution < -0.4 is 5.32 Å². The molecular weight excluding hydrogens is 250 g/mol. The maximum Gasteiger partial charge on any atom is 0.0614 e. The van der Waals surface area contributed by atoms with E-state index in [-0.39, 0.29) is 12.1 Å². The second-order valence-electron chi connectivity index (χ2n) is 7.45. The molecule has 0 bridgehead atoms. The molecule has 2 rings (SSSR count). The van der Waals surface area contributed by atoms with Crippen molar-refractivity contribution in [2.75, 3.05) is 26.7 Å². The van der Waals surface area contributed by atoms with Gasteiger partial charge >= 0.3 is 0 Å². The van der Waals surface area contributed by atoms with E-state index < -0.39 is 0 Å². The highest BCUT2D eigenvalue weighted by molar-refractivity contribution is 5.01. The zero-order chi connectivity index (χ0) is 14.9. The van der Waals surface area contributed by atoms with E-state index in [0.29, 0.717) is 24.2 Å². The first-order chi connectivity index (χ1) is 9.37. The molecule has 20 heavy (non-hydrogen) atoms. The van der Waals surface area contributed by atoms with E-state index in [2.05, 4.69) is 49.9 Å². The van der Waals surface area contributed by atoms with Crippen LogP contribution in [0, 0.1) is 0 Å². The van der Waals surface area contributed by atoms with E-state index in [0.717, 1.165) is 25.9 Å². The average Bonchev–Trinajstić information content (AvgIpc) is 2.79. The van der Waals surface area contributed by atoms with Crippen LogP contribution in [0.3, 0.4) is 0 Å². The summed E-state index contributed by atoms with van der Waals surface area (Å²) in [5.41, 5.74) is -0.0470. The third kappa shape index (κ3) is 3.35. The number of piperazine rings is 1. The van der Waals surface area contributed by atoms with E-state index >= 15 is 0 Å². The zero-order valence-electron chi connectivity index (χ0n) is 13.9. The van der Waals surface area contributed by atoms with Crippen molar-refractivity contribution < 1.29 is 5.11 Å². The number of rotatable bonds is 4. The average molecular weight is 283 g/mol. The van der Waals surface area contributed by atoms with Crippen molar-refractivity contribution >= 4 is 0 Å². The molecule has 0 radical (unpaired) electrons. The lowest BCUT2D eigenvalue weighted by Crippen LogP contribution is -2.58. The van der Waals surface area contributed by atoms with Gasteiger partial charge in [-0.2, -0.15) is 0 Å². The van der Waals surface area contributed by atoms with Gasteiger partial charge in [-0.25, -0.2) is 0 Å². The third-order valence-electron chi connectivity index (χ3n) is 5.38. The first kappa shape index (κ1) is 16.2. The van der Waals surface area contributed by atoms with Gasteiger partial charge in [0.2, 0.25) is 0 Å². The number of hydrogen-bond acceptors (Lipinski definition) is 4. The lowest BCUT2D eigenvalue weighted by atomic mass is 9.96. The Balaban J connectivity index is 1.98. The molecule has 4 nitrogen and oxygen atoms in total. The van der Waals surface area contributed by atoms with Gasteiger partial charge in [0.15, 0.2) is 0 Å². The molecule has 2 N–H and O–H groups in total. The maximum atomic E-state index is 9.84. The Kier molecular flexibility index (Phi) is 5.11. The topological polar surface area (TPSA) is 38.7 Å². The molecule has 1 saturated heterocycles. The number of aliphatic hydroxyl groups is 1.